The second-order valence-electron chi connectivity index (χ2n) is 4.63. The molecule has 0 heterocycles. The van der Waals surface area contributed by atoms with Crippen LogP contribution in [0.3, 0.4) is 0 Å². The Bertz CT molecular complexity index is 218. The van der Waals surface area contributed by atoms with Gasteiger partial charge in [-0.25, -0.2) is 0 Å². The molecule has 0 aliphatic heterocycles. The fourth-order valence-corrected chi connectivity index (χ4v) is 1.60. The largest absolute Gasteiger partial charge is 0.386 e. The first kappa shape index (κ1) is 10.5. The SMILES string of the molecule is CC1(C)C=CC(O)(CCC=O)CC1. The van der Waals surface area contributed by atoms with Crippen LogP contribution < -0.4 is 0 Å². The predicted octanol–water partition coefficient (Wildman–Crippen LogP) is 2.07. The van der Waals surface area contributed by atoms with Crippen LogP contribution in [-0.2, 0) is 4.79 Å². The fraction of sp³-hybridized carbons (Fsp3) is 0.727. The van der Waals surface area contributed by atoms with Crippen LogP contribution in [0.1, 0.15) is 39.5 Å². The first-order chi connectivity index (χ1) is 5.97. The molecular formula is C11H18O2. The molecule has 1 aliphatic carbocycles. The van der Waals surface area contributed by atoms with Gasteiger partial charge in [-0.3, -0.25) is 0 Å². The summed E-state index contributed by atoms with van der Waals surface area (Å²) in [6.45, 7) is 4.31. The molecule has 1 atom stereocenters. The van der Waals surface area contributed by atoms with Gasteiger partial charge >= 0.3 is 0 Å². The van der Waals surface area contributed by atoms with E-state index in [9.17, 15) is 9.90 Å². The number of carbonyl (C=O) groups is 1. The molecule has 0 fully saturated rings. The molecule has 0 aromatic rings. The minimum Gasteiger partial charge on any atom is -0.386 e. The molecule has 0 spiro atoms. The maximum Gasteiger partial charge on any atom is 0.120 e. The van der Waals surface area contributed by atoms with E-state index in [-0.39, 0.29) is 5.41 Å². The molecule has 2 nitrogen and oxygen atoms in total. The Morgan fingerprint density at radius 1 is 1.38 bits per heavy atom. The van der Waals surface area contributed by atoms with Crippen LogP contribution in [0, 0.1) is 5.41 Å². The molecule has 0 aromatic heterocycles. The molecule has 1 unspecified atom stereocenters. The van der Waals surface area contributed by atoms with Crippen molar-refractivity contribution in [3.05, 3.63) is 12.2 Å². The molecular weight excluding hydrogens is 164 g/mol. The van der Waals surface area contributed by atoms with E-state index in [2.05, 4.69) is 19.9 Å². The Morgan fingerprint density at radius 3 is 2.54 bits per heavy atom. The van der Waals surface area contributed by atoms with Crippen molar-refractivity contribution in [1.82, 2.24) is 0 Å². The minimum absolute atomic E-state index is 0.202. The molecule has 0 amide bonds. The molecule has 1 aliphatic rings. The quantitative estimate of drug-likeness (QED) is 0.536. The van der Waals surface area contributed by atoms with Crippen molar-refractivity contribution in [1.29, 1.82) is 0 Å². The van der Waals surface area contributed by atoms with E-state index < -0.39 is 5.60 Å². The van der Waals surface area contributed by atoms with E-state index in [0.717, 1.165) is 19.1 Å². The maximum absolute atomic E-state index is 10.2. The summed E-state index contributed by atoms with van der Waals surface area (Å²) >= 11 is 0. The lowest BCUT2D eigenvalue weighted by molar-refractivity contribution is -0.108. The van der Waals surface area contributed by atoms with Crippen molar-refractivity contribution in [2.75, 3.05) is 0 Å². The second-order valence-corrected chi connectivity index (χ2v) is 4.63. The topological polar surface area (TPSA) is 37.3 Å². The lowest BCUT2D eigenvalue weighted by atomic mass is 9.75. The number of carbonyl (C=O) groups excluding carboxylic acids is 1. The third-order valence-corrected chi connectivity index (χ3v) is 2.74. The Kier molecular flexibility index (Phi) is 2.91. The van der Waals surface area contributed by atoms with Crippen LogP contribution in [0.5, 0.6) is 0 Å². The van der Waals surface area contributed by atoms with Gasteiger partial charge in [0.25, 0.3) is 0 Å². The van der Waals surface area contributed by atoms with Crippen LogP contribution in [0.25, 0.3) is 0 Å². The zero-order valence-corrected chi connectivity index (χ0v) is 8.42. The lowest BCUT2D eigenvalue weighted by Crippen LogP contribution is -2.32. The Morgan fingerprint density at radius 2 is 2.08 bits per heavy atom. The highest BCUT2D eigenvalue weighted by Gasteiger charge is 2.31. The maximum atomic E-state index is 10.2. The van der Waals surface area contributed by atoms with Crippen LogP contribution in [0.15, 0.2) is 12.2 Å². The molecule has 1 rings (SSSR count). The number of hydrogen-bond acceptors (Lipinski definition) is 2. The van der Waals surface area contributed by atoms with E-state index in [1.165, 1.54) is 0 Å². The minimum atomic E-state index is -0.726. The van der Waals surface area contributed by atoms with E-state index in [1.807, 2.05) is 6.08 Å². The Hall–Kier alpha value is -0.630. The molecule has 0 radical (unpaired) electrons. The molecule has 0 saturated carbocycles. The highest BCUT2D eigenvalue weighted by molar-refractivity contribution is 5.49. The highest BCUT2D eigenvalue weighted by Crippen LogP contribution is 2.36. The zero-order chi connectivity index (χ0) is 9.95. The van der Waals surface area contributed by atoms with Gasteiger partial charge < -0.3 is 9.90 Å². The van der Waals surface area contributed by atoms with Gasteiger partial charge in [-0.05, 0) is 24.7 Å². The molecule has 0 saturated heterocycles. The number of aldehydes is 1. The van der Waals surface area contributed by atoms with Gasteiger partial charge in [0.15, 0.2) is 0 Å². The number of allylic oxidation sites excluding steroid dienone is 1. The summed E-state index contributed by atoms with van der Waals surface area (Å²) in [6, 6.07) is 0. The standard InChI is InChI=1S/C11H18O2/c1-10(2)5-7-11(13,8-6-10)4-3-9-12/h5,7,9,13H,3-4,6,8H2,1-2H3. The molecule has 74 valence electrons. The lowest BCUT2D eigenvalue weighted by Gasteiger charge is -2.34. The number of aliphatic hydroxyl groups is 1. The number of hydrogen-bond donors (Lipinski definition) is 1. The molecule has 13 heavy (non-hydrogen) atoms. The summed E-state index contributed by atoms with van der Waals surface area (Å²) in [5, 5.41) is 9.99. The molecule has 0 bridgehead atoms. The van der Waals surface area contributed by atoms with Gasteiger partial charge in [-0.1, -0.05) is 26.0 Å². The third-order valence-electron chi connectivity index (χ3n) is 2.74. The van der Waals surface area contributed by atoms with E-state index in [1.54, 1.807) is 0 Å². The predicted molar refractivity (Wildman–Crippen MR) is 52.4 cm³/mol. The second kappa shape index (κ2) is 3.62. The molecule has 2 heteroatoms. The first-order valence-electron chi connectivity index (χ1n) is 4.84. The van der Waals surface area contributed by atoms with Gasteiger partial charge in [-0.2, -0.15) is 0 Å². The normalized spacial score (nSPS) is 31.6. The van der Waals surface area contributed by atoms with Gasteiger partial charge in [0.1, 0.15) is 6.29 Å². The Balaban J connectivity index is 2.58. The first-order valence-corrected chi connectivity index (χ1v) is 4.84. The molecule has 1 N–H and O–H groups in total. The van der Waals surface area contributed by atoms with Crippen molar-refractivity contribution < 1.29 is 9.90 Å². The van der Waals surface area contributed by atoms with Crippen LogP contribution in [0.4, 0.5) is 0 Å². The third kappa shape index (κ3) is 2.96. The monoisotopic (exact) mass is 182 g/mol. The Labute approximate surface area is 79.6 Å². The van der Waals surface area contributed by atoms with Gasteiger partial charge in [0.05, 0.1) is 5.60 Å². The van der Waals surface area contributed by atoms with E-state index in [4.69, 9.17) is 0 Å². The van der Waals surface area contributed by atoms with E-state index >= 15 is 0 Å². The average molecular weight is 182 g/mol. The van der Waals surface area contributed by atoms with Crippen molar-refractivity contribution >= 4 is 6.29 Å². The van der Waals surface area contributed by atoms with Crippen molar-refractivity contribution in [2.24, 2.45) is 5.41 Å². The van der Waals surface area contributed by atoms with Crippen molar-refractivity contribution in [3.63, 3.8) is 0 Å². The summed E-state index contributed by atoms with van der Waals surface area (Å²) in [6.07, 6.45) is 7.54. The van der Waals surface area contributed by atoms with Gasteiger partial charge in [0, 0.05) is 6.42 Å². The van der Waals surface area contributed by atoms with Crippen LogP contribution in [0.2, 0.25) is 0 Å². The van der Waals surface area contributed by atoms with Crippen LogP contribution >= 0.6 is 0 Å². The van der Waals surface area contributed by atoms with Crippen LogP contribution in [-0.4, -0.2) is 17.0 Å². The summed E-state index contributed by atoms with van der Waals surface area (Å²) in [5.41, 5.74) is -0.524. The number of rotatable bonds is 3. The van der Waals surface area contributed by atoms with E-state index in [0.29, 0.717) is 12.8 Å². The fourth-order valence-electron chi connectivity index (χ4n) is 1.60. The van der Waals surface area contributed by atoms with Gasteiger partial charge in [-0.15, -0.1) is 0 Å². The highest BCUT2D eigenvalue weighted by atomic mass is 16.3. The van der Waals surface area contributed by atoms with Crippen molar-refractivity contribution in [3.8, 4) is 0 Å². The summed E-state index contributed by atoms with van der Waals surface area (Å²) in [5.74, 6) is 0. The smallest absolute Gasteiger partial charge is 0.120 e. The van der Waals surface area contributed by atoms with Gasteiger partial charge in [0.2, 0.25) is 0 Å². The van der Waals surface area contributed by atoms with Crippen molar-refractivity contribution in [2.45, 2.75) is 45.1 Å². The molecule has 0 aromatic carbocycles. The summed E-state index contributed by atoms with van der Waals surface area (Å²) in [4.78, 5) is 10.2. The summed E-state index contributed by atoms with van der Waals surface area (Å²) in [7, 11) is 0. The summed E-state index contributed by atoms with van der Waals surface area (Å²) < 4.78 is 0. The average Bonchev–Trinajstić information content (AvgIpc) is 2.08. The zero-order valence-electron chi connectivity index (χ0n) is 8.42.